The zero-order chi connectivity index (χ0) is 18.4. The molecule has 1 amide bonds. The molecule has 6 nitrogen and oxygen atoms in total. The number of carbonyl (C=O) groups is 1. The van der Waals surface area contributed by atoms with Crippen molar-refractivity contribution in [3.8, 4) is 0 Å². The van der Waals surface area contributed by atoms with Crippen molar-refractivity contribution < 1.29 is 4.79 Å². The fourth-order valence-corrected chi connectivity index (χ4v) is 5.03. The standard InChI is InChI=1S/C18H27BrN4O2/c1-5-20-15(24)9-23-17(25)16(19)14(8-21-23)22-13-7-11-6-12(10(13)2)18(11,3)4/h8,10-13,22H,5-7,9H2,1-4H3,(H,20,24)/t10-,11-,12+,13-/m1/s1. The molecule has 1 aromatic heterocycles. The Hall–Kier alpha value is -1.37. The molecule has 0 unspecified atom stereocenters. The summed E-state index contributed by atoms with van der Waals surface area (Å²) in [6.07, 6.45) is 4.09. The Kier molecular flexibility index (Phi) is 4.97. The lowest BCUT2D eigenvalue weighted by Gasteiger charge is -2.62. The van der Waals surface area contributed by atoms with Crippen molar-refractivity contribution in [1.82, 2.24) is 15.1 Å². The van der Waals surface area contributed by atoms with Crippen molar-refractivity contribution in [1.29, 1.82) is 0 Å². The Morgan fingerprint density at radius 2 is 2.16 bits per heavy atom. The number of amides is 1. The second-order valence-electron chi connectivity index (χ2n) is 7.99. The van der Waals surface area contributed by atoms with E-state index in [1.807, 2.05) is 6.92 Å². The molecular formula is C18H27BrN4O2. The molecule has 1 heterocycles. The van der Waals surface area contributed by atoms with Gasteiger partial charge in [0.25, 0.3) is 5.56 Å². The number of halogens is 1. The summed E-state index contributed by atoms with van der Waals surface area (Å²) in [6, 6.07) is 0.355. The van der Waals surface area contributed by atoms with Crippen LogP contribution in [0.25, 0.3) is 0 Å². The van der Waals surface area contributed by atoms with Crippen LogP contribution in [0.2, 0.25) is 0 Å². The molecule has 2 bridgehead atoms. The monoisotopic (exact) mass is 410 g/mol. The predicted molar refractivity (Wildman–Crippen MR) is 101 cm³/mol. The van der Waals surface area contributed by atoms with Crippen molar-refractivity contribution in [2.75, 3.05) is 11.9 Å². The summed E-state index contributed by atoms with van der Waals surface area (Å²) in [5, 5.41) is 10.4. The van der Waals surface area contributed by atoms with E-state index in [0.29, 0.717) is 34.1 Å². The second kappa shape index (κ2) is 6.74. The summed E-state index contributed by atoms with van der Waals surface area (Å²) in [6.45, 7) is 9.36. The average molecular weight is 411 g/mol. The highest BCUT2D eigenvalue weighted by Gasteiger charge is 2.56. The lowest BCUT2D eigenvalue weighted by atomic mass is 9.45. The van der Waals surface area contributed by atoms with Crippen LogP contribution < -0.4 is 16.2 Å². The number of hydrogen-bond acceptors (Lipinski definition) is 4. The summed E-state index contributed by atoms with van der Waals surface area (Å²) >= 11 is 3.39. The van der Waals surface area contributed by atoms with Gasteiger partial charge in [-0.1, -0.05) is 20.8 Å². The van der Waals surface area contributed by atoms with Gasteiger partial charge in [0.05, 0.1) is 11.9 Å². The van der Waals surface area contributed by atoms with Crippen LogP contribution >= 0.6 is 15.9 Å². The van der Waals surface area contributed by atoms with Crippen LogP contribution in [0.15, 0.2) is 15.5 Å². The van der Waals surface area contributed by atoms with Gasteiger partial charge < -0.3 is 10.6 Å². The van der Waals surface area contributed by atoms with Crippen LogP contribution in [0, 0.1) is 23.2 Å². The number of hydrogen-bond donors (Lipinski definition) is 2. The largest absolute Gasteiger partial charge is 0.380 e. The fraction of sp³-hybridized carbons (Fsp3) is 0.722. The molecule has 3 fully saturated rings. The number of fused-ring (bicyclic) bond motifs is 2. The van der Waals surface area contributed by atoms with E-state index in [0.717, 1.165) is 18.3 Å². The molecule has 7 heteroatoms. The summed E-state index contributed by atoms with van der Waals surface area (Å²) in [5.41, 5.74) is 0.863. The first kappa shape index (κ1) is 18.4. The van der Waals surface area contributed by atoms with Crippen molar-refractivity contribution in [3.05, 3.63) is 21.0 Å². The van der Waals surface area contributed by atoms with Gasteiger partial charge in [-0.25, -0.2) is 4.68 Å². The number of nitrogens with zero attached hydrogens (tertiary/aromatic N) is 2. The summed E-state index contributed by atoms with van der Waals surface area (Å²) < 4.78 is 1.63. The molecule has 0 saturated heterocycles. The first-order chi connectivity index (χ1) is 11.8. The Morgan fingerprint density at radius 3 is 2.76 bits per heavy atom. The zero-order valence-electron chi connectivity index (χ0n) is 15.3. The minimum atomic E-state index is -0.287. The SMILES string of the molecule is CCNC(=O)Cn1ncc(N[C@@H]2C[C@H]3C[C@@H]([C@H]2C)C3(C)C)c(Br)c1=O. The van der Waals surface area contributed by atoms with Gasteiger partial charge in [-0.05, 0) is 58.9 Å². The molecule has 2 N–H and O–H groups in total. The fourth-order valence-electron chi connectivity index (χ4n) is 4.61. The smallest absolute Gasteiger partial charge is 0.283 e. The number of nitrogens with one attached hydrogen (secondary N) is 2. The van der Waals surface area contributed by atoms with Gasteiger partial charge in [0.2, 0.25) is 5.91 Å². The average Bonchev–Trinajstić information content (AvgIpc) is 2.55. The van der Waals surface area contributed by atoms with Crippen LogP contribution in [0.1, 0.15) is 40.5 Å². The van der Waals surface area contributed by atoms with Gasteiger partial charge in [0.15, 0.2) is 0 Å². The van der Waals surface area contributed by atoms with E-state index in [-0.39, 0.29) is 18.0 Å². The molecular weight excluding hydrogens is 384 g/mol. The lowest BCUT2D eigenvalue weighted by Crippen LogP contribution is -2.58. The molecule has 0 aliphatic heterocycles. The summed E-state index contributed by atoms with van der Waals surface area (Å²) in [7, 11) is 0. The lowest BCUT2D eigenvalue weighted by molar-refractivity contribution is -0.121. The predicted octanol–water partition coefficient (Wildman–Crippen LogP) is 2.62. The van der Waals surface area contributed by atoms with E-state index in [1.165, 1.54) is 11.1 Å². The van der Waals surface area contributed by atoms with Gasteiger partial charge in [-0.15, -0.1) is 0 Å². The highest BCUT2D eigenvalue weighted by Crippen LogP contribution is 2.61. The molecule has 3 aliphatic rings. The van der Waals surface area contributed by atoms with E-state index < -0.39 is 0 Å². The first-order valence-corrected chi connectivity index (χ1v) is 9.83. The number of likely N-dealkylation sites (N-methyl/N-ethyl adjacent to an activating group) is 1. The minimum Gasteiger partial charge on any atom is -0.380 e. The zero-order valence-corrected chi connectivity index (χ0v) is 16.9. The Balaban J connectivity index is 1.73. The van der Waals surface area contributed by atoms with E-state index in [9.17, 15) is 9.59 Å². The third-order valence-corrected chi connectivity index (χ3v) is 7.11. The number of anilines is 1. The summed E-state index contributed by atoms with van der Waals surface area (Å²) in [5.74, 6) is 1.82. The van der Waals surface area contributed by atoms with Crippen LogP contribution in [0.5, 0.6) is 0 Å². The molecule has 25 heavy (non-hydrogen) atoms. The molecule has 1 aromatic rings. The molecule has 0 aromatic carbocycles. The molecule has 3 saturated carbocycles. The normalized spacial score (nSPS) is 29.6. The van der Waals surface area contributed by atoms with E-state index >= 15 is 0 Å². The van der Waals surface area contributed by atoms with Gasteiger partial charge >= 0.3 is 0 Å². The molecule has 4 rings (SSSR count). The van der Waals surface area contributed by atoms with Gasteiger partial charge in [0, 0.05) is 12.6 Å². The van der Waals surface area contributed by atoms with Crippen LogP contribution in [-0.2, 0) is 11.3 Å². The maximum absolute atomic E-state index is 12.5. The third-order valence-electron chi connectivity index (χ3n) is 6.35. The van der Waals surface area contributed by atoms with Gasteiger partial charge in [-0.2, -0.15) is 5.10 Å². The Labute approximate surface area is 156 Å². The number of carbonyl (C=O) groups excluding carboxylic acids is 1. The molecule has 0 spiro atoms. The topological polar surface area (TPSA) is 76.0 Å². The minimum absolute atomic E-state index is 0.0658. The van der Waals surface area contributed by atoms with E-state index in [4.69, 9.17) is 0 Å². The summed E-state index contributed by atoms with van der Waals surface area (Å²) in [4.78, 5) is 24.1. The Bertz CT molecular complexity index is 730. The van der Waals surface area contributed by atoms with Crippen LogP contribution in [0.3, 0.4) is 0 Å². The quantitative estimate of drug-likeness (QED) is 0.781. The van der Waals surface area contributed by atoms with Crippen molar-refractivity contribution in [2.24, 2.45) is 23.2 Å². The highest BCUT2D eigenvalue weighted by molar-refractivity contribution is 9.10. The maximum atomic E-state index is 12.5. The van der Waals surface area contributed by atoms with Crippen molar-refractivity contribution in [3.63, 3.8) is 0 Å². The number of aromatic nitrogens is 2. The van der Waals surface area contributed by atoms with E-state index in [1.54, 1.807) is 6.20 Å². The maximum Gasteiger partial charge on any atom is 0.283 e. The van der Waals surface area contributed by atoms with Gasteiger partial charge in [-0.3, -0.25) is 9.59 Å². The van der Waals surface area contributed by atoms with Crippen LogP contribution in [0.4, 0.5) is 5.69 Å². The molecule has 0 radical (unpaired) electrons. The molecule has 4 atom stereocenters. The number of rotatable bonds is 5. The van der Waals surface area contributed by atoms with Gasteiger partial charge in [0.1, 0.15) is 11.0 Å². The Morgan fingerprint density at radius 1 is 1.44 bits per heavy atom. The first-order valence-electron chi connectivity index (χ1n) is 9.04. The molecule has 138 valence electrons. The van der Waals surface area contributed by atoms with E-state index in [2.05, 4.69) is 52.4 Å². The van der Waals surface area contributed by atoms with Crippen molar-refractivity contribution >= 4 is 27.5 Å². The third kappa shape index (κ3) is 3.23. The molecule has 3 aliphatic carbocycles. The van der Waals surface area contributed by atoms with Crippen molar-refractivity contribution in [2.45, 2.75) is 53.1 Å². The second-order valence-corrected chi connectivity index (χ2v) is 8.79. The van der Waals surface area contributed by atoms with Crippen LogP contribution in [-0.4, -0.2) is 28.3 Å². The highest BCUT2D eigenvalue weighted by atomic mass is 79.9.